The van der Waals surface area contributed by atoms with Crippen LogP contribution in [0.15, 0.2) is 24.4 Å². The highest BCUT2D eigenvalue weighted by molar-refractivity contribution is 5.78. The zero-order valence-corrected chi connectivity index (χ0v) is 8.10. The number of allylic oxidation sites excluding steroid dienone is 1. The Balaban J connectivity index is 2.54. The quantitative estimate of drug-likeness (QED) is 0.662. The fraction of sp³-hybridized carbons (Fsp3) is 0. The maximum Gasteiger partial charge on any atom is 0.245 e. The van der Waals surface area contributed by atoms with Crippen LogP contribution in [0.4, 0.5) is 5.82 Å². The number of pyridine rings is 1. The van der Waals surface area contributed by atoms with Gasteiger partial charge in [-0.25, -0.2) is 0 Å². The van der Waals surface area contributed by atoms with Crippen LogP contribution in [0.25, 0.3) is 11.2 Å². The molecule has 0 amide bonds. The maximum absolute atomic E-state index is 8.97. The second kappa shape index (κ2) is 2.90. The van der Waals surface area contributed by atoms with Crippen molar-refractivity contribution in [1.82, 2.24) is 14.4 Å². The highest BCUT2D eigenvalue weighted by Crippen LogP contribution is 2.21. The minimum atomic E-state index is -0.0878. The summed E-state index contributed by atoms with van der Waals surface area (Å²) in [6, 6.07) is 7.50. The van der Waals surface area contributed by atoms with E-state index in [9.17, 15) is 0 Å². The molecule has 0 bridgehead atoms. The number of nitriles is 1. The van der Waals surface area contributed by atoms with Crippen molar-refractivity contribution in [1.29, 1.82) is 10.7 Å². The Labute approximate surface area is 90.0 Å². The van der Waals surface area contributed by atoms with E-state index >= 15 is 0 Å². The molecule has 3 rings (SSSR count). The second-order valence-electron chi connectivity index (χ2n) is 3.29. The molecule has 6 nitrogen and oxygen atoms in total. The number of nitrogens with zero attached hydrogens (tertiary/aromatic N) is 4. The van der Waals surface area contributed by atoms with Crippen LogP contribution >= 0.6 is 0 Å². The van der Waals surface area contributed by atoms with Crippen LogP contribution < -0.4 is 10.9 Å². The van der Waals surface area contributed by atoms with Crippen molar-refractivity contribution in [3.63, 3.8) is 0 Å². The molecule has 0 spiro atoms. The molecular formula is C10H6N6. The molecule has 2 aromatic heterocycles. The van der Waals surface area contributed by atoms with Crippen molar-refractivity contribution < 1.29 is 0 Å². The summed E-state index contributed by atoms with van der Waals surface area (Å²) in [6.07, 6.45) is 1.58. The molecule has 0 radical (unpaired) electrons. The van der Waals surface area contributed by atoms with Gasteiger partial charge in [0.1, 0.15) is 23.1 Å². The molecule has 0 saturated heterocycles. The van der Waals surface area contributed by atoms with Gasteiger partial charge in [-0.2, -0.15) is 15.2 Å². The Morgan fingerprint density at radius 2 is 2.25 bits per heavy atom. The first-order valence-corrected chi connectivity index (χ1v) is 4.61. The Hall–Kier alpha value is -2.68. The van der Waals surface area contributed by atoms with Gasteiger partial charge in [0, 0.05) is 6.20 Å². The lowest BCUT2D eigenvalue weighted by molar-refractivity contribution is 0.885. The Kier molecular flexibility index (Phi) is 1.56. The lowest BCUT2D eigenvalue weighted by Gasteiger charge is -2.16. The van der Waals surface area contributed by atoms with Gasteiger partial charge >= 0.3 is 0 Å². The molecule has 0 fully saturated rings. The van der Waals surface area contributed by atoms with Gasteiger partial charge < -0.3 is 5.32 Å². The van der Waals surface area contributed by atoms with Crippen molar-refractivity contribution in [2.75, 3.05) is 5.32 Å². The predicted molar refractivity (Wildman–Crippen MR) is 56.1 cm³/mol. The number of aromatic nitrogens is 3. The maximum atomic E-state index is 8.97. The third kappa shape index (κ3) is 1.02. The van der Waals surface area contributed by atoms with E-state index in [4.69, 9.17) is 10.7 Å². The molecule has 0 aromatic carbocycles. The van der Waals surface area contributed by atoms with E-state index in [1.54, 1.807) is 16.7 Å². The second-order valence-corrected chi connectivity index (χ2v) is 3.29. The molecule has 0 unspecified atom stereocenters. The monoisotopic (exact) mass is 210 g/mol. The van der Waals surface area contributed by atoms with Gasteiger partial charge in [0.05, 0.1) is 0 Å². The molecule has 76 valence electrons. The number of anilines is 1. The molecule has 1 aliphatic rings. The number of nitrogens with one attached hydrogen (secondary N) is 2. The smallest absolute Gasteiger partial charge is 0.245 e. The SMILES string of the molecule is N#CC1=CNc2cccc3nc(=N)nc1n23. The average molecular weight is 210 g/mol. The van der Waals surface area contributed by atoms with Crippen molar-refractivity contribution in [2.45, 2.75) is 0 Å². The van der Waals surface area contributed by atoms with Gasteiger partial charge in [-0.05, 0) is 12.1 Å². The Morgan fingerprint density at radius 3 is 3.06 bits per heavy atom. The largest absolute Gasteiger partial charge is 0.346 e. The molecule has 1 aliphatic heterocycles. The van der Waals surface area contributed by atoms with Gasteiger partial charge in [-0.3, -0.25) is 9.81 Å². The molecule has 0 aliphatic carbocycles. The number of rotatable bonds is 0. The average Bonchev–Trinajstić information content (AvgIpc) is 2.29. The summed E-state index contributed by atoms with van der Waals surface area (Å²) < 4.78 is 1.72. The van der Waals surface area contributed by atoms with Crippen molar-refractivity contribution in [3.05, 3.63) is 35.8 Å². The zero-order valence-electron chi connectivity index (χ0n) is 8.10. The van der Waals surface area contributed by atoms with Gasteiger partial charge in [-0.1, -0.05) is 6.07 Å². The van der Waals surface area contributed by atoms with E-state index in [-0.39, 0.29) is 5.62 Å². The highest BCUT2D eigenvalue weighted by Gasteiger charge is 2.15. The summed E-state index contributed by atoms with van der Waals surface area (Å²) in [4.78, 5) is 7.96. The van der Waals surface area contributed by atoms with Crippen molar-refractivity contribution in [2.24, 2.45) is 0 Å². The molecule has 2 aromatic rings. The van der Waals surface area contributed by atoms with E-state index in [1.165, 1.54) is 0 Å². The van der Waals surface area contributed by atoms with E-state index in [0.717, 1.165) is 5.82 Å². The van der Waals surface area contributed by atoms with Crippen LogP contribution in [0.2, 0.25) is 0 Å². The number of hydrogen-bond acceptors (Lipinski definition) is 5. The molecule has 3 heterocycles. The predicted octanol–water partition coefficient (Wildman–Crippen LogP) is 0.499. The molecule has 0 saturated carbocycles. The molecular weight excluding hydrogens is 204 g/mol. The standard InChI is InChI=1S/C10H6N6/c11-4-6-5-13-7-2-1-3-8-14-10(12)15-9(6)16(7)8/h1-3,5,12-13H. The van der Waals surface area contributed by atoms with Gasteiger partial charge in [0.15, 0.2) is 5.82 Å². The molecule has 6 heteroatoms. The molecule has 16 heavy (non-hydrogen) atoms. The number of hydrogen-bond donors (Lipinski definition) is 2. The zero-order chi connectivity index (χ0) is 11.1. The Morgan fingerprint density at radius 1 is 1.38 bits per heavy atom. The highest BCUT2D eigenvalue weighted by atomic mass is 15.2. The Bertz CT molecular complexity index is 718. The first-order valence-electron chi connectivity index (χ1n) is 4.61. The van der Waals surface area contributed by atoms with Crippen LogP contribution in [0, 0.1) is 16.7 Å². The topological polar surface area (TPSA) is 89.9 Å². The van der Waals surface area contributed by atoms with Crippen molar-refractivity contribution >= 4 is 17.0 Å². The van der Waals surface area contributed by atoms with E-state index < -0.39 is 0 Å². The summed E-state index contributed by atoms with van der Waals surface area (Å²) >= 11 is 0. The fourth-order valence-electron chi connectivity index (χ4n) is 1.68. The summed E-state index contributed by atoms with van der Waals surface area (Å²) in [5, 5.41) is 19.4. The molecule has 2 N–H and O–H groups in total. The van der Waals surface area contributed by atoms with E-state index in [0.29, 0.717) is 17.0 Å². The third-order valence-electron chi connectivity index (χ3n) is 2.34. The summed E-state index contributed by atoms with van der Waals surface area (Å²) in [5.41, 5.74) is 0.903. The molecule has 0 atom stereocenters. The van der Waals surface area contributed by atoms with Gasteiger partial charge in [0.25, 0.3) is 0 Å². The minimum absolute atomic E-state index is 0.0878. The van der Waals surface area contributed by atoms with Crippen LogP contribution in [0.3, 0.4) is 0 Å². The lowest BCUT2D eigenvalue weighted by Crippen LogP contribution is -2.21. The lowest BCUT2D eigenvalue weighted by atomic mass is 10.2. The van der Waals surface area contributed by atoms with Crippen LogP contribution in [-0.4, -0.2) is 14.4 Å². The van der Waals surface area contributed by atoms with E-state index in [1.807, 2.05) is 18.2 Å². The normalized spacial score (nSPS) is 12.8. The minimum Gasteiger partial charge on any atom is -0.346 e. The van der Waals surface area contributed by atoms with Crippen molar-refractivity contribution in [3.8, 4) is 6.07 Å². The van der Waals surface area contributed by atoms with Gasteiger partial charge in [0.2, 0.25) is 5.62 Å². The third-order valence-corrected chi connectivity index (χ3v) is 2.34. The van der Waals surface area contributed by atoms with E-state index in [2.05, 4.69) is 15.3 Å². The fourth-order valence-corrected chi connectivity index (χ4v) is 1.68. The van der Waals surface area contributed by atoms with Crippen LogP contribution in [0.5, 0.6) is 0 Å². The summed E-state index contributed by atoms with van der Waals surface area (Å²) in [6.45, 7) is 0. The summed E-state index contributed by atoms with van der Waals surface area (Å²) in [7, 11) is 0. The first kappa shape index (κ1) is 8.61. The van der Waals surface area contributed by atoms with Gasteiger partial charge in [-0.15, -0.1) is 0 Å². The first-order chi connectivity index (χ1) is 7.79. The summed E-state index contributed by atoms with van der Waals surface area (Å²) in [5.74, 6) is 1.23. The van der Waals surface area contributed by atoms with Crippen LogP contribution in [-0.2, 0) is 0 Å². The van der Waals surface area contributed by atoms with Crippen LogP contribution in [0.1, 0.15) is 5.82 Å².